The average Bonchev–Trinajstić information content (AvgIpc) is 2.26. The maximum Gasteiger partial charge on any atom is 0.367 e. The summed E-state index contributed by atoms with van der Waals surface area (Å²) in [5.74, 6) is 1.74. The molecule has 0 rings (SSSR count). The van der Waals surface area contributed by atoms with Crippen molar-refractivity contribution in [1.82, 2.24) is 0 Å². The molecule has 0 aromatic rings. The van der Waals surface area contributed by atoms with Crippen molar-refractivity contribution in [1.29, 1.82) is 0 Å². The van der Waals surface area contributed by atoms with Crippen LogP contribution in [0.4, 0.5) is 4.79 Å². The zero-order valence-electron chi connectivity index (χ0n) is 8.12. The summed E-state index contributed by atoms with van der Waals surface area (Å²) in [6.07, 6.45) is 1.06. The van der Waals surface area contributed by atoms with Gasteiger partial charge in [0.25, 0.3) is 0 Å². The molecule has 0 amide bonds. The minimum absolute atomic E-state index is 0.269. The van der Waals surface area contributed by atoms with Crippen LogP contribution in [0.15, 0.2) is 10.3 Å². The largest absolute Gasteiger partial charge is 0.461 e. The van der Waals surface area contributed by atoms with Crippen molar-refractivity contribution in [2.75, 3.05) is 24.4 Å². The molecule has 0 aliphatic rings. The molecule has 8 heteroatoms. The maximum absolute atomic E-state index is 10.7. The standard InChI is InChI=1S/C7H12N2O4S2/c1-13-7(10)15-3-2-14-5-6(9-12)4-8-11/h4,11-12H,2-3,5H2,1H3. The van der Waals surface area contributed by atoms with Gasteiger partial charge in [0, 0.05) is 17.3 Å². The van der Waals surface area contributed by atoms with Crippen LogP contribution < -0.4 is 0 Å². The second kappa shape index (κ2) is 9.66. The van der Waals surface area contributed by atoms with Crippen LogP contribution >= 0.6 is 23.5 Å². The van der Waals surface area contributed by atoms with Gasteiger partial charge >= 0.3 is 5.30 Å². The number of rotatable bonds is 6. The zero-order valence-corrected chi connectivity index (χ0v) is 9.75. The van der Waals surface area contributed by atoms with Crippen molar-refractivity contribution in [2.24, 2.45) is 10.3 Å². The predicted molar refractivity (Wildman–Crippen MR) is 61.7 cm³/mol. The average molecular weight is 252 g/mol. The van der Waals surface area contributed by atoms with E-state index in [1.165, 1.54) is 18.9 Å². The summed E-state index contributed by atoms with van der Waals surface area (Å²) < 4.78 is 4.43. The molecule has 0 aliphatic heterocycles. The Morgan fingerprint density at radius 3 is 2.73 bits per heavy atom. The molecule has 0 fully saturated rings. The minimum Gasteiger partial charge on any atom is -0.461 e. The van der Waals surface area contributed by atoms with Gasteiger partial charge in [0.1, 0.15) is 5.71 Å². The molecule has 0 radical (unpaired) electrons. The second-order valence-electron chi connectivity index (χ2n) is 2.19. The number of carbonyl (C=O) groups excluding carboxylic acids is 1. The number of oxime groups is 2. The van der Waals surface area contributed by atoms with Gasteiger partial charge in [-0.25, -0.2) is 4.79 Å². The van der Waals surface area contributed by atoms with Crippen LogP contribution in [0.1, 0.15) is 0 Å². The zero-order chi connectivity index (χ0) is 11.5. The first-order valence-corrected chi connectivity index (χ1v) is 6.05. The van der Waals surface area contributed by atoms with Crippen molar-refractivity contribution in [3.8, 4) is 0 Å². The normalized spacial score (nSPS) is 11.9. The molecule has 15 heavy (non-hydrogen) atoms. The fourth-order valence-corrected chi connectivity index (χ4v) is 2.15. The Kier molecular flexibility index (Phi) is 9.08. The molecule has 0 bridgehead atoms. The first kappa shape index (κ1) is 14.1. The van der Waals surface area contributed by atoms with E-state index in [2.05, 4.69) is 15.0 Å². The van der Waals surface area contributed by atoms with Gasteiger partial charge in [0.2, 0.25) is 0 Å². The van der Waals surface area contributed by atoms with E-state index in [0.717, 1.165) is 18.0 Å². The molecule has 0 aromatic carbocycles. The Hall–Kier alpha value is -0.890. The van der Waals surface area contributed by atoms with Crippen molar-refractivity contribution in [3.63, 3.8) is 0 Å². The lowest BCUT2D eigenvalue weighted by Crippen LogP contribution is -2.05. The number of methoxy groups -OCH3 is 1. The van der Waals surface area contributed by atoms with Crippen LogP contribution in [0.5, 0.6) is 0 Å². The van der Waals surface area contributed by atoms with E-state index in [1.54, 1.807) is 0 Å². The molecule has 0 unspecified atom stereocenters. The van der Waals surface area contributed by atoms with Crippen LogP contribution in [0, 0.1) is 0 Å². The molecule has 6 nitrogen and oxygen atoms in total. The maximum atomic E-state index is 10.7. The Morgan fingerprint density at radius 2 is 2.20 bits per heavy atom. The highest BCUT2D eigenvalue weighted by Crippen LogP contribution is 2.09. The number of carbonyl (C=O) groups is 1. The van der Waals surface area contributed by atoms with Crippen molar-refractivity contribution in [2.45, 2.75) is 0 Å². The van der Waals surface area contributed by atoms with E-state index in [4.69, 9.17) is 10.4 Å². The molecular formula is C7H12N2O4S2. The Labute approximate surface area is 95.7 Å². The van der Waals surface area contributed by atoms with Gasteiger partial charge in [-0.2, -0.15) is 11.8 Å². The van der Waals surface area contributed by atoms with Crippen LogP contribution in [0.25, 0.3) is 0 Å². The van der Waals surface area contributed by atoms with Gasteiger partial charge in [-0.15, -0.1) is 0 Å². The molecule has 86 valence electrons. The Morgan fingerprint density at radius 1 is 1.47 bits per heavy atom. The molecule has 2 N–H and O–H groups in total. The van der Waals surface area contributed by atoms with E-state index in [1.807, 2.05) is 0 Å². The van der Waals surface area contributed by atoms with Crippen LogP contribution in [-0.2, 0) is 4.74 Å². The van der Waals surface area contributed by atoms with Gasteiger partial charge in [0.15, 0.2) is 0 Å². The van der Waals surface area contributed by atoms with E-state index in [-0.39, 0.29) is 11.0 Å². The molecule has 0 spiro atoms. The summed E-state index contributed by atoms with van der Waals surface area (Å²) in [6, 6.07) is 0. The summed E-state index contributed by atoms with van der Waals surface area (Å²) >= 11 is 2.54. The highest BCUT2D eigenvalue weighted by Gasteiger charge is 2.01. The van der Waals surface area contributed by atoms with Crippen LogP contribution in [0.2, 0.25) is 0 Å². The molecule has 0 saturated heterocycles. The third-order valence-electron chi connectivity index (χ3n) is 1.20. The van der Waals surface area contributed by atoms with Crippen LogP contribution in [0.3, 0.4) is 0 Å². The van der Waals surface area contributed by atoms with E-state index >= 15 is 0 Å². The van der Waals surface area contributed by atoms with E-state index < -0.39 is 0 Å². The molecule has 0 aliphatic carbocycles. The SMILES string of the molecule is COC(=O)SCCSCC(C=NO)=NO. The third kappa shape index (κ3) is 8.13. The predicted octanol–water partition coefficient (Wildman–Crippen LogP) is 1.51. The molecular weight excluding hydrogens is 240 g/mol. The Balaban J connectivity index is 3.49. The fourth-order valence-electron chi connectivity index (χ4n) is 0.578. The van der Waals surface area contributed by atoms with Gasteiger partial charge in [0.05, 0.1) is 13.3 Å². The van der Waals surface area contributed by atoms with Crippen molar-refractivity contribution >= 4 is 40.8 Å². The number of hydrogen-bond acceptors (Lipinski definition) is 8. The number of nitrogens with zero attached hydrogens (tertiary/aromatic N) is 2. The van der Waals surface area contributed by atoms with Gasteiger partial charge < -0.3 is 15.2 Å². The van der Waals surface area contributed by atoms with Crippen molar-refractivity contribution < 1.29 is 19.9 Å². The summed E-state index contributed by atoms with van der Waals surface area (Å²) in [5.41, 5.74) is 0.269. The summed E-state index contributed by atoms with van der Waals surface area (Å²) in [6.45, 7) is 0. The number of thioether (sulfide) groups is 2. The number of ether oxygens (including phenoxy) is 1. The summed E-state index contributed by atoms with van der Waals surface area (Å²) in [7, 11) is 1.33. The first-order valence-electron chi connectivity index (χ1n) is 3.91. The van der Waals surface area contributed by atoms with Gasteiger partial charge in [-0.05, 0) is 11.8 Å². The topological polar surface area (TPSA) is 91.5 Å². The van der Waals surface area contributed by atoms with E-state index in [9.17, 15) is 4.79 Å². The highest BCUT2D eigenvalue weighted by atomic mass is 32.2. The first-order chi connectivity index (χ1) is 7.24. The van der Waals surface area contributed by atoms with Crippen molar-refractivity contribution in [3.05, 3.63) is 0 Å². The van der Waals surface area contributed by atoms with Gasteiger partial charge in [-0.1, -0.05) is 10.3 Å². The molecule has 0 heterocycles. The lowest BCUT2D eigenvalue weighted by Gasteiger charge is -1.99. The second-order valence-corrected chi connectivity index (χ2v) is 4.33. The van der Waals surface area contributed by atoms with Gasteiger partial charge in [-0.3, -0.25) is 0 Å². The minimum atomic E-state index is -0.316. The highest BCUT2D eigenvalue weighted by molar-refractivity contribution is 8.14. The monoisotopic (exact) mass is 252 g/mol. The van der Waals surface area contributed by atoms with E-state index in [0.29, 0.717) is 17.3 Å². The lowest BCUT2D eigenvalue weighted by molar-refractivity contribution is 0.200. The third-order valence-corrected chi connectivity index (χ3v) is 3.26. The lowest BCUT2D eigenvalue weighted by atomic mass is 10.5. The van der Waals surface area contributed by atoms with Crippen LogP contribution in [-0.4, -0.2) is 52.0 Å². The number of hydrogen-bond donors (Lipinski definition) is 2. The molecule has 0 aromatic heterocycles. The smallest absolute Gasteiger partial charge is 0.367 e. The summed E-state index contributed by atoms with van der Waals surface area (Å²) in [5, 5.41) is 21.9. The fraction of sp³-hybridized carbons (Fsp3) is 0.571. The molecule has 0 atom stereocenters. The summed E-state index contributed by atoms with van der Waals surface area (Å²) in [4.78, 5) is 10.7. The molecule has 0 saturated carbocycles. The quantitative estimate of drug-likeness (QED) is 0.245. The Bertz CT molecular complexity index is 245.